The number of aryl methyl sites for hydroxylation is 1. The van der Waals surface area contributed by atoms with Crippen LogP contribution in [0.4, 0.5) is 0 Å². The van der Waals surface area contributed by atoms with Crippen molar-refractivity contribution in [3.8, 4) is 0 Å². The van der Waals surface area contributed by atoms with E-state index in [1.807, 2.05) is 19.1 Å². The van der Waals surface area contributed by atoms with Crippen LogP contribution in [0.3, 0.4) is 0 Å². The zero-order chi connectivity index (χ0) is 14.8. The Hall–Kier alpha value is -2.01. The molecule has 21 heavy (non-hydrogen) atoms. The summed E-state index contributed by atoms with van der Waals surface area (Å²) in [4.78, 5) is 30.1. The molecule has 1 saturated heterocycles. The number of aromatic nitrogens is 2. The second-order valence-corrected chi connectivity index (χ2v) is 5.64. The number of aldehydes is 1. The molecule has 3 rings (SSSR count). The Kier molecular flexibility index (Phi) is 3.84. The van der Waals surface area contributed by atoms with E-state index in [1.165, 1.54) is 0 Å². The van der Waals surface area contributed by atoms with Gasteiger partial charge in [0.05, 0.1) is 11.7 Å². The van der Waals surface area contributed by atoms with Crippen LogP contribution in [0.5, 0.6) is 0 Å². The lowest BCUT2D eigenvalue weighted by Crippen LogP contribution is -2.40. The second kappa shape index (κ2) is 5.77. The Morgan fingerprint density at radius 1 is 1.43 bits per heavy atom. The zero-order valence-corrected chi connectivity index (χ0v) is 12.2. The molecule has 2 aromatic rings. The van der Waals surface area contributed by atoms with Crippen molar-refractivity contribution in [1.29, 1.82) is 0 Å². The van der Waals surface area contributed by atoms with Crippen molar-refractivity contribution in [2.24, 2.45) is 0 Å². The lowest BCUT2D eigenvalue weighted by Gasteiger charge is -2.31. The van der Waals surface area contributed by atoms with Crippen molar-refractivity contribution in [3.63, 3.8) is 0 Å². The summed E-state index contributed by atoms with van der Waals surface area (Å²) < 4.78 is 1.56. The van der Waals surface area contributed by atoms with E-state index in [0.717, 1.165) is 43.4 Å². The monoisotopic (exact) mass is 285 g/mol. The highest BCUT2D eigenvalue weighted by Gasteiger charge is 2.22. The van der Waals surface area contributed by atoms with Crippen LogP contribution in [0.15, 0.2) is 29.2 Å². The SMILES string of the molecule is Cc1cccn2c(=O)cc(CN3CCCCC3C=O)nc12. The van der Waals surface area contributed by atoms with Crippen LogP contribution in [0.2, 0.25) is 0 Å². The average Bonchev–Trinajstić information content (AvgIpc) is 2.49. The highest BCUT2D eigenvalue weighted by molar-refractivity contribution is 5.57. The number of likely N-dealkylation sites (tertiary alicyclic amines) is 1. The van der Waals surface area contributed by atoms with Gasteiger partial charge in [-0.15, -0.1) is 0 Å². The lowest BCUT2D eigenvalue weighted by atomic mass is 10.0. The highest BCUT2D eigenvalue weighted by Crippen LogP contribution is 2.17. The van der Waals surface area contributed by atoms with E-state index in [-0.39, 0.29) is 11.6 Å². The predicted octanol–water partition coefficient (Wildman–Crippen LogP) is 1.56. The second-order valence-electron chi connectivity index (χ2n) is 5.64. The molecule has 0 bridgehead atoms. The summed E-state index contributed by atoms with van der Waals surface area (Å²) in [7, 11) is 0. The van der Waals surface area contributed by atoms with E-state index >= 15 is 0 Å². The van der Waals surface area contributed by atoms with Gasteiger partial charge in [-0.05, 0) is 37.9 Å². The van der Waals surface area contributed by atoms with Gasteiger partial charge in [0.15, 0.2) is 0 Å². The molecule has 5 nitrogen and oxygen atoms in total. The minimum absolute atomic E-state index is 0.0455. The Labute approximate surface area is 123 Å². The highest BCUT2D eigenvalue weighted by atomic mass is 16.1. The Bertz CT molecular complexity index is 723. The van der Waals surface area contributed by atoms with Crippen molar-refractivity contribution >= 4 is 11.9 Å². The summed E-state index contributed by atoms with van der Waals surface area (Å²) in [6.07, 6.45) is 5.83. The summed E-state index contributed by atoms with van der Waals surface area (Å²) in [6, 6.07) is 5.32. The predicted molar refractivity (Wildman–Crippen MR) is 80.3 cm³/mol. The number of carbonyl (C=O) groups excluding carboxylic acids is 1. The summed E-state index contributed by atoms with van der Waals surface area (Å²) in [5.41, 5.74) is 2.34. The lowest BCUT2D eigenvalue weighted by molar-refractivity contribution is -0.113. The van der Waals surface area contributed by atoms with Gasteiger partial charge in [0, 0.05) is 18.8 Å². The molecule has 110 valence electrons. The molecule has 5 heteroatoms. The third-order valence-corrected chi connectivity index (χ3v) is 4.13. The molecule has 1 fully saturated rings. The quantitative estimate of drug-likeness (QED) is 0.803. The topological polar surface area (TPSA) is 54.7 Å². The number of pyridine rings is 1. The summed E-state index contributed by atoms with van der Waals surface area (Å²) in [6.45, 7) is 3.39. The minimum Gasteiger partial charge on any atom is -0.302 e. The van der Waals surface area contributed by atoms with E-state index in [1.54, 1.807) is 16.7 Å². The van der Waals surface area contributed by atoms with Gasteiger partial charge in [0.25, 0.3) is 5.56 Å². The number of piperidine rings is 1. The zero-order valence-electron chi connectivity index (χ0n) is 12.2. The van der Waals surface area contributed by atoms with Gasteiger partial charge >= 0.3 is 0 Å². The first kappa shape index (κ1) is 13.9. The third-order valence-electron chi connectivity index (χ3n) is 4.13. The van der Waals surface area contributed by atoms with Crippen LogP contribution in [0.25, 0.3) is 5.65 Å². The van der Waals surface area contributed by atoms with Crippen LogP contribution in [-0.2, 0) is 11.3 Å². The molecule has 1 aliphatic rings. The first-order chi connectivity index (χ1) is 10.2. The first-order valence-electron chi connectivity index (χ1n) is 7.36. The maximum atomic E-state index is 12.2. The molecule has 3 heterocycles. The van der Waals surface area contributed by atoms with Gasteiger partial charge in [-0.3, -0.25) is 14.1 Å². The molecule has 1 atom stereocenters. The number of carbonyl (C=O) groups is 1. The molecule has 0 aromatic carbocycles. The molecule has 0 spiro atoms. The van der Waals surface area contributed by atoms with Crippen molar-refractivity contribution in [2.75, 3.05) is 6.54 Å². The van der Waals surface area contributed by atoms with Crippen LogP contribution in [0, 0.1) is 6.92 Å². The van der Waals surface area contributed by atoms with Crippen molar-refractivity contribution in [2.45, 2.75) is 38.8 Å². The summed E-state index contributed by atoms with van der Waals surface area (Å²) >= 11 is 0. The van der Waals surface area contributed by atoms with Gasteiger partial charge in [-0.1, -0.05) is 12.5 Å². The molecule has 0 aliphatic carbocycles. The Morgan fingerprint density at radius 2 is 2.29 bits per heavy atom. The van der Waals surface area contributed by atoms with E-state index in [2.05, 4.69) is 9.88 Å². The fraction of sp³-hybridized carbons (Fsp3) is 0.438. The molecule has 0 saturated carbocycles. The van der Waals surface area contributed by atoms with E-state index in [4.69, 9.17) is 0 Å². The molecule has 2 aromatic heterocycles. The average molecular weight is 285 g/mol. The minimum atomic E-state index is -0.0710. The molecule has 1 unspecified atom stereocenters. The number of rotatable bonds is 3. The summed E-state index contributed by atoms with van der Waals surface area (Å²) in [5, 5.41) is 0. The van der Waals surface area contributed by atoms with E-state index < -0.39 is 0 Å². The molecule has 1 aliphatic heterocycles. The number of nitrogens with zero attached hydrogens (tertiary/aromatic N) is 3. The maximum absolute atomic E-state index is 12.2. The number of fused-ring (bicyclic) bond motifs is 1. The van der Waals surface area contributed by atoms with Crippen molar-refractivity contribution in [1.82, 2.24) is 14.3 Å². The molecule has 0 radical (unpaired) electrons. The fourth-order valence-electron chi connectivity index (χ4n) is 2.97. The smallest absolute Gasteiger partial charge is 0.258 e. The molecular formula is C16H19N3O2. The van der Waals surface area contributed by atoms with E-state index in [9.17, 15) is 9.59 Å². The molecule has 0 N–H and O–H groups in total. The Morgan fingerprint density at radius 3 is 3.10 bits per heavy atom. The summed E-state index contributed by atoms with van der Waals surface area (Å²) in [5.74, 6) is 0. The van der Waals surface area contributed by atoms with Crippen molar-refractivity contribution in [3.05, 3.63) is 46.0 Å². The van der Waals surface area contributed by atoms with Crippen LogP contribution < -0.4 is 5.56 Å². The van der Waals surface area contributed by atoms with E-state index in [0.29, 0.717) is 12.2 Å². The van der Waals surface area contributed by atoms with Gasteiger partial charge in [-0.2, -0.15) is 0 Å². The van der Waals surface area contributed by atoms with Crippen molar-refractivity contribution < 1.29 is 4.79 Å². The molecule has 0 amide bonds. The van der Waals surface area contributed by atoms with Crippen LogP contribution in [0.1, 0.15) is 30.5 Å². The Balaban J connectivity index is 1.95. The third kappa shape index (κ3) is 2.74. The van der Waals surface area contributed by atoms with Crippen LogP contribution >= 0.6 is 0 Å². The van der Waals surface area contributed by atoms with Gasteiger partial charge in [-0.25, -0.2) is 4.98 Å². The normalized spacial score (nSPS) is 19.8. The largest absolute Gasteiger partial charge is 0.302 e. The van der Waals surface area contributed by atoms with Gasteiger partial charge in [0.1, 0.15) is 11.9 Å². The number of hydrogen-bond acceptors (Lipinski definition) is 4. The first-order valence-corrected chi connectivity index (χ1v) is 7.36. The maximum Gasteiger partial charge on any atom is 0.258 e. The van der Waals surface area contributed by atoms with Gasteiger partial charge in [0.2, 0.25) is 0 Å². The van der Waals surface area contributed by atoms with Gasteiger partial charge < -0.3 is 4.79 Å². The van der Waals surface area contributed by atoms with Crippen LogP contribution in [-0.4, -0.2) is 33.2 Å². The standard InChI is InChI=1S/C16H19N3O2/c1-12-5-4-8-19-15(21)9-13(17-16(12)19)10-18-7-3-2-6-14(18)11-20/h4-5,8-9,11,14H,2-3,6-7,10H2,1H3. The molecular weight excluding hydrogens is 266 g/mol. The fourth-order valence-corrected chi connectivity index (χ4v) is 2.97. The number of hydrogen-bond donors (Lipinski definition) is 0.